The van der Waals surface area contributed by atoms with Gasteiger partial charge in [0.05, 0.1) is 13.2 Å². The lowest BCUT2D eigenvalue weighted by Crippen LogP contribution is -2.36. The maximum absolute atomic E-state index is 12.9. The summed E-state index contributed by atoms with van der Waals surface area (Å²) in [6.07, 6.45) is 4.84. The molecule has 0 radical (unpaired) electrons. The van der Waals surface area contributed by atoms with Gasteiger partial charge in [0.25, 0.3) is 11.8 Å². The van der Waals surface area contributed by atoms with Crippen LogP contribution >= 0.6 is 0 Å². The fourth-order valence-corrected chi connectivity index (χ4v) is 4.04. The number of carbonyl (C=O) groups excluding carboxylic acids is 2. The van der Waals surface area contributed by atoms with Crippen molar-refractivity contribution in [2.75, 3.05) is 38.8 Å². The molecule has 0 heterocycles. The highest BCUT2D eigenvalue weighted by molar-refractivity contribution is 6.05. The summed E-state index contributed by atoms with van der Waals surface area (Å²) in [7, 11) is 4.03. The van der Waals surface area contributed by atoms with E-state index in [9.17, 15) is 9.59 Å². The second-order valence-electron chi connectivity index (χ2n) is 9.62. The Hall–Kier alpha value is -4.10. The predicted octanol–water partition coefficient (Wildman–Crippen LogP) is 4.13. The van der Waals surface area contributed by atoms with E-state index in [1.165, 1.54) is 24.0 Å². The standard InChI is InChI=1S/C31H35N3O4/c1-34(2)27-5-3-4-22(20-27)16-19-38-28-14-12-26(13-15-28)30(36)33-29(31(37)32-17-18-35)21-23-6-8-24(9-7-23)25-10-11-25/h3-9,12-15,20-21,25,35H,10-11,16-19H2,1-2H3,(H,32,37)(H,33,36)/b29-21+. The van der Waals surface area contributed by atoms with Gasteiger partial charge in [-0.05, 0) is 77.9 Å². The molecule has 1 saturated carbocycles. The zero-order chi connectivity index (χ0) is 26.9. The summed E-state index contributed by atoms with van der Waals surface area (Å²) in [5.74, 6) is 0.438. The molecule has 0 aromatic heterocycles. The van der Waals surface area contributed by atoms with Crippen LogP contribution in [0, 0.1) is 0 Å². The number of nitrogens with zero attached hydrogens (tertiary/aromatic N) is 1. The van der Waals surface area contributed by atoms with Crippen LogP contribution in [0.2, 0.25) is 0 Å². The Morgan fingerprint density at radius 2 is 1.76 bits per heavy atom. The predicted molar refractivity (Wildman–Crippen MR) is 150 cm³/mol. The van der Waals surface area contributed by atoms with Crippen molar-refractivity contribution < 1.29 is 19.4 Å². The zero-order valence-corrected chi connectivity index (χ0v) is 21.9. The number of hydrogen-bond acceptors (Lipinski definition) is 5. The van der Waals surface area contributed by atoms with Crippen LogP contribution in [0.15, 0.2) is 78.5 Å². The third-order valence-electron chi connectivity index (χ3n) is 6.39. The highest BCUT2D eigenvalue weighted by atomic mass is 16.5. The second kappa shape index (κ2) is 12.9. The van der Waals surface area contributed by atoms with Crippen molar-refractivity contribution in [1.29, 1.82) is 0 Å². The van der Waals surface area contributed by atoms with Crippen molar-refractivity contribution in [2.24, 2.45) is 0 Å². The number of aliphatic hydroxyl groups is 1. The minimum atomic E-state index is -0.461. The minimum Gasteiger partial charge on any atom is -0.493 e. The van der Waals surface area contributed by atoms with E-state index in [1.54, 1.807) is 30.3 Å². The molecule has 38 heavy (non-hydrogen) atoms. The Morgan fingerprint density at radius 3 is 2.42 bits per heavy atom. The SMILES string of the molecule is CN(C)c1cccc(CCOc2ccc(C(=O)N/C(=C/c3ccc(C4CC4)cc3)C(=O)NCCO)cc2)c1. The quantitative estimate of drug-likeness (QED) is 0.317. The summed E-state index contributed by atoms with van der Waals surface area (Å²) in [6, 6.07) is 23.2. The van der Waals surface area contributed by atoms with Gasteiger partial charge in [0.1, 0.15) is 11.4 Å². The van der Waals surface area contributed by atoms with Gasteiger partial charge >= 0.3 is 0 Å². The molecule has 0 aliphatic heterocycles. The van der Waals surface area contributed by atoms with Gasteiger partial charge in [-0.1, -0.05) is 36.4 Å². The van der Waals surface area contributed by atoms with Crippen molar-refractivity contribution in [2.45, 2.75) is 25.2 Å². The van der Waals surface area contributed by atoms with Crippen LogP contribution in [0.4, 0.5) is 5.69 Å². The first-order valence-corrected chi connectivity index (χ1v) is 12.9. The van der Waals surface area contributed by atoms with Gasteiger partial charge in [0.2, 0.25) is 0 Å². The van der Waals surface area contributed by atoms with Crippen LogP contribution in [-0.4, -0.2) is 50.8 Å². The normalized spacial score (nSPS) is 13.1. The summed E-state index contributed by atoms with van der Waals surface area (Å²) < 4.78 is 5.87. The van der Waals surface area contributed by atoms with Gasteiger partial charge in [-0.3, -0.25) is 9.59 Å². The van der Waals surface area contributed by atoms with Gasteiger partial charge in [0.15, 0.2) is 0 Å². The Morgan fingerprint density at radius 1 is 1.03 bits per heavy atom. The lowest BCUT2D eigenvalue weighted by Gasteiger charge is -2.14. The van der Waals surface area contributed by atoms with E-state index in [0.29, 0.717) is 23.8 Å². The number of amides is 2. The third-order valence-corrected chi connectivity index (χ3v) is 6.39. The molecule has 0 unspecified atom stereocenters. The first-order valence-electron chi connectivity index (χ1n) is 12.9. The number of hydrogen-bond donors (Lipinski definition) is 3. The zero-order valence-electron chi connectivity index (χ0n) is 21.9. The first kappa shape index (κ1) is 26.9. The molecule has 7 heteroatoms. The summed E-state index contributed by atoms with van der Waals surface area (Å²) >= 11 is 0. The molecule has 0 spiro atoms. The Kier molecular flexibility index (Phi) is 9.16. The largest absolute Gasteiger partial charge is 0.493 e. The number of anilines is 1. The fraction of sp³-hybridized carbons (Fsp3) is 0.290. The maximum atomic E-state index is 12.9. The molecular weight excluding hydrogens is 478 g/mol. The van der Waals surface area contributed by atoms with Crippen LogP contribution < -0.4 is 20.3 Å². The topological polar surface area (TPSA) is 90.9 Å². The van der Waals surface area contributed by atoms with Gasteiger partial charge in [0, 0.05) is 38.3 Å². The minimum absolute atomic E-state index is 0.0954. The van der Waals surface area contributed by atoms with E-state index in [0.717, 1.165) is 17.7 Å². The van der Waals surface area contributed by atoms with Crippen LogP contribution in [0.25, 0.3) is 6.08 Å². The number of carbonyl (C=O) groups is 2. The number of aliphatic hydroxyl groups excluding tert-OH is 1. The average molecular weight is 514 g/mol. The number of ether oxygens (including phenoxy) is 1. The molecule has 198 valence electrons. The number of rotatable bonds is 12. The van der Waals surface area contributed by atoms with Crippen molar-refractivity contribution in [3.8, 4) is 5.75 Å². The van der Waals surface area contributed by atoms with Crippen molar-refractivity contribution in [3.05, 3.63) is 101 Å². The monoisotopic (exact) mass is 513 g/mol. The summed E-state index contributed by atoms with van der Waals surface area (Å²) in [5, 5.41) is 14.4. The molecule has 7 nitrogen and oxygen atoms in total. The van der Waals surface area contributed by atoms with E-state index < -0.39 is 11.8 Å². The van der Waals surface area contributed by atoms with Crippen LogP contribution in [0.5, 0.6) is 5.75 Å². The van der Waals surface area contributed by atoms with Crippen molar-refractivity contribution in [1.82, 2.24) is 10.6 Å². The molecule has 0 bridgehead atoms. The van der Waals surface area contributed by atoms with Crippen LogP contribution in [0.3, 0.4) is 0 Å². The first-order chi connectivity index (χ1) is 18.4. The average Bonchev–Trinajstić information content (AvgIpc) is 3.78. The van der Waals surface area contributed by atoms with E-state index in [2.05, 4.69) is 45.9 Å². The fourth-order valence-electron chi connectivity index (χ4n) is 4.04. The van der Waals surface area contributed by atoms with Gasteiger partial charge in [-0.25, -0.2) is 0 Å². The Balaban J connectivity index is 1.37. The molecular formula is C31H35N3O4. The number of nitrogens with one attached hydrogen (secondary N) is 2. The molecule has 4 rings (SSSR count). The van der Waals surface area contributed by atoms with Crippen molar-refractivity contribution >= 4 is 23.6 Å². The molecule has 3 N–H and O–H groups in total. The molecule has 1 aliphatic carbocycles. The van der Waals surface area contributed by atoms with E-state index in [-0.39, 0.29) is 18.8 Å². The third kappa shape index (κ3) is 7.70. The van der Waals surface area contributed by atoms with Gasteiger partial charge < -0.3 is 25.4 Å². The Bertz CT molecular complexity index is 1260. The van der Waals surface area contributed by atoms with E-state index >= 15 is 0 Å². The summed E-state index contributed by atoms with van der Waals surface area (Å²) in [6.45, 7) is 0.420. The van der Waals surface area contributed by atoms with Crippen LogP contribution in [0.1, 0.15) is 45.8 Å². The second-order valence-corrected chi connectivity index (χ2v) is 9.62. The summed E-state index contributed by atoms with van der Waals surface area (Å²) in [4.78, 5) is 27.7. The molecule has 2 amide bonds. The molecule has 0 saturated heterocycles. The van der Waals surface area contributed by atoms with Crippen molar-refractivity contribution in [3.63, 3.8) is 0 Å². The highest BCUT2D eigenvalue weighted by Gasteiger charge is 2.23. The molecule has 3 aromatic rings. The molecule has 1 fully saturated rings. The molecule has 1 aliphatic rings. The van der Waals surface area contributed by atoms with Gasteiger partial charge in [-0.2, -0.15) is 0 Å². The molecule has 0 atom stereocenters. The van der Waals surface area contributed by atoms with Crippen LogP contribution in [-0.2, 0) is 11.2 Å². The summed E-state index contributed by atoms with van der Waals surface area (Å²) in [5.41, 5.74) is 4.95. The lowest BCUT2D eigenvalue weighted by atomic mass is 10.1. The Labute approximate surface area is 224 Å². The van der Waals surface area contributed by atoms with E-state index in [1.807, 2.05) is 32.3 Å². The van der Waals surface area contributed by atoms with Gasteiger partial charge in [-0.15, -0.1) is 0 Å². The highest BCUT2D eigenvalue weighted by Crippen LogP contribution is 2.39. The maximum Gasteiger partial charge on any atom is 0.267 e. The molecule has 3 aromatic carbocycles. The number of benzene rings is 3. The smallest absolute Gasteiger partial charge is 0.267 e. The lowest BCUT2D eigenvalue weighted by molar-refractivity contribution is -0.117. The van der Waals surface area contributed by atoms with E-state index in [4.69, 9.17) is 9.84 Å².